The van der Waals surface area contributed by atoms with Crippen LogP contribution in [0.4, 0.5) is 0 Å². The van der Waals surface area contributed by atoms with Crippen molar-refractivity contribution in [3.8, 4) is 22.9 Å². The zero-order valence-corrected chi connectivity index (χ0v) is 20.5. The van der Waals surface area contributed by atoms with Crippen LogP contribution in [0.25, 0.3) is 5.69 Å². The second-order valence-electron chi connectivity index (χ2n) is 6.64. The number of rotatable bonds is 10. The van der Waals surface area contributed by atoms with E-state index >= 15 is 0 Å². The fourth-order valence-corrected chi connectivity index (χ4v) is 5.11. The van der Waals surface area contributed by atoms with Crippen molar-refractivity contribution in [2.75, 3.05) is 27.4 Å². The Kier molecular flexibility index (Phi) is 7.97. The molecule has 3 aromatic rings. The summed E-state index contributed by atoms with van der Waals surface area (Å²) in [5, 5.41) is 20.0. The monoisotopic (exact) mass is 522 g/mol. The number of halogens is 1. The Hall–Kier alpha value is -2.79. The summed E-state index contributed by atoms with van der Waals surface area (Å²) in [5.74, 6) is 2.45. The van der Waals surface area contributed by atoms with Crippen LogP contribution in [0.5, 0.6) is 17.2 Å². The molecule has 0 aliphatic heterocycles. The van der Waals surface area contributed by atoms with Crippen LogP contribution in [-0.4, -0.2) is 47.1 Å². The molecule has 0 saturated heterocycles. The third-order valence-electron chi connectivity index (χ3n) is 4.61. The molecule has 32 heavy (non-hydrogen) atoms. The first-order valence-corrected chi connectivity index (χ1v) is 11.4. The van der Waals surface area contributed by atoms with Gasteiger partial charge < -0.3 is 14.2 Å². The van der Waals surface area contributed by atoms with Crippen molar-refractivity contribution in [1.29, 1.82) is 0 Å². The van der Waals surface area contributed by atoms with Crippen LogP contribution in [0, 0.1) is 17.0 Å². The summed E-state index contributed by atoms with van der Waals surface area (Å²) >= 11 is 4.78. The van der Waals surface area contributed by atoms with Gasteiger partial charge in [0.15, 0.2) is 16.7 Å². The highest BCUT2D eigenvalue weighted by atomic mass is 79.9. The first-order chi connectivity index (χ1) is 15.4. The molecule has 170 valence electrons. The minimum atomic E-state index is -0.552. The number of aromatic nitrogens is 3. The van der Waals surface area contributed by atoms with Crippen LogP contribution in [0.2, 0.25) is 0 Å². The highest BCUT2D eigenvalue weighted by Crippen LogP contribution is 2.43. The van der Waals surface area contributed by atoms with Gasteiger partial charge >= 0.3 is 0 Å². The van der Waals surface area contributed by atoms with Gasteiger partial charge in [-0.25, -0.2) is 0 Å². The van der Waals surface area contributed by atoms with Gasteiger partial charge in [0.05, 0.1) is 20.8 Å². The second kappa shape index (κ2) is 10.7. The van der Waals surface area contributed by atoms with E-state index in [9.17, 15) is 10.1 Å². The lowest BCUT2D eigenvalue weighted by Crippen LogP contribution is -2.12. The van der Waals surface area contributed by atoms with Gasteiger partial charge in [0.1, 0.15) is 16.8 Å². The lowest BCUT2D eigenvalue weighted by Gasteiger charge is -2.18. The first kappa shape index (κ1) is 23.9. The number of hydrogen-bond donors (Lipinski definition) is 0. The summed E-state index contributed by atoms with van der Waals surface area (Å²) in [5.41, 5.74) is 1.54. The lowest BCUT2D eigenvalue weighted by molar-refractivity contribution is -0.479. The highest BCUT2D eigenvalue weighted by molar-refractivity contribution is 9.10. The molecule has 9 nitrogen and oxygen atoms in total. The van der Waals surface area contributed by atoms with Crippen LogP contribution in [-0.2, 0) is 0 Å². The predicted molar refractivity (Wildman–Crippen MR) is 125 cm³/mol. The molecule has 0 aliphatic rings. The van der Waals surface area contributed by atoms with Crippen molar-refractivity contribution < 1.29 is 19.1 Å². The number of methoxy groups -OCH3 is 2. The Morgan fingerprint density at radius 2 is 1.81 bits per heavy atom. The molecule has 0 amide bonds. The zero-order valence-electron chi connectivity index (χ0n) is 18.1. The number of nitrogens with zero attached hydrogens (tertiary/aromatic N) is 4. The summed E-state index contributed by atoms with van der Waals surface area (Å²) in [6, 6.07) is 11.0. The molecule has 1 aromatic heterocycles. The van der Waals surface area contributed by atoms with E-state index in [-0.39, 0.29) is 11.5 Å². The summed E-state index contributed by atoms with van der Waals surface area (Å²) in [6.45, 7) is 4.03. The van der Waals surface area contributed by atoms with Crippen molar-refractivity contribution >= 4 is 27.7 Å². The first-order valence-electron chi connectivity index (χ1n) is 9.73. The van der Waals surface area contributed by atoms with Crippen LogP contribution in [0.1, 0.15) is 23.6 Å². The van der Waals surface area contributed by atoms with Crippen LogP contribution in [0.3, 0.4) is 0 Å². The molecular formula is C21H23BrN4O5S. The molecule has 0 aliphatic carbocycles. The van der Waals surface area contributed by atoms with Gasteiger partial charge in [0.25, 0.3) is 0 Å². The normalized spacial score (nSPS) is 11.8. The maximum Gasteiger partial charge on any atom is 0.220 e. The molecule has 0 N–H and O–H groups in total. The topological polar surface area (TPSA) is 102 Å². The van der Waals surface area contributed by atoms with Crippen molar-refractivity contribution in [3.05, 3.63) is 62.4 Å². The number of hydrogen-bond acceptors (Lipinski definition) is 8. The number of ether oxygens (including phenoxy) is 3. The van der Waals surface area contributed by atoms with Gasteiger partial charge in [-0.2, -0.15) is 0 Å². The molecule has 1 heterocycles. The molecule has 2 aromatic carbocycles. The van der Waals surface area contributed by atoms with Gasteiger partial charge in [-0.15, -0.1) is 10.2 Å². The average Bonchev–Trinajstić information content (AvgIpc) is 3.13. The summed E-state index contributed by atoms with van der Waals surface area (Å²) in [4.78, 5) is 11.1. The van der Waals surface area contributed by atoms with Gasteiger partial charge in [-0.1, -0.05) is 27.7 Å². The zero-order chi connectivity index (χ0) is 23.3. The summed E-state index contributed by atoms with van der Waals surface area (Å²) < 4.78 is 18.8. The van der Waals surface area contributed by atoms with E-state index in [1.807, 2.05) is 42.7 Å². The highest BCUT2D eigenvalue weighted by Gasteiger charge is 2.27. The third-order valence-corrected chi connectivity index (χ3v) is 6.46. The third kappa shape index (κ3) is 5.33. The fraction of sp³-hybridized carbons (Fsp3) is 0.333. The summed E-state index contributed by atoms with van der Waals surface area (Å²) in [7, 11) is 3.06. The van der Waals surface area contributed by atoms with Crippen molar-refractivity contribution in [2.24, 2.45) is 0 Å². The molecule has 0 saturated carbocycles. The lowest BCUT2D eigenvalue weighted by atomic mass is 10.1. The fourth-order valence-electron chi connectivity index (χ4n) is 3.15. The molecule has 0 radical (unpaired) electrons. The molecule has 0 spiro atoms. The maximum absolute atomic E-state index is 11.5. The Bertz CT molecular complexity index is 1090. The van der Waals surface area contributed by atoms with E-state index in [0.29, 0.717) is 39.1 Å². The number of nitro groups is 1. The van der Waals surface area contributed by atoms with E-state index in [2.05, 4.69) is 26.1 Å². The predicted octanol–water partition coefficient (Wildman–Crippen LogP) is 4.86. The van der Waals surface area contributed by atoms with E-state index in [0.717, 1.165) is 11.4 Å². The smallest absolute Gasteiger partial charge is 0.220 e. The Morgan fingerprint density at radius 1 is 1.16 bits per heavy atom. The van der Waals surface area contributed by atoms with E-state index in [4.69, 9.17) is 14.2 Å². The van der Waals surface area contributed by atoms with Crippen molar-refractivity contribution in [1.82, 2.24) is 14.8 Å². The number of thioether (sulfide) groups is 1. The van der Waals surface area contributed by atoms with Gasteiger partial charge in [0.2, 0.25) is 6.54 Å². The molecular weight excluding hydrogens is 500 g/mol. The standard InChI is InChI=1S/C21H23BrN4O5S/c1-5-31-15-8-6-14(7-9-15)26-13(2)23-24-21(26)32-20(12-25(27)28)16-10-18(29-3)19(30-4)11-17(16)22/h6-11,20H,5,12H2,1-4H3/t20-/m0/s1. The van der Waals surface area contributed by atoms with Crippen molar-refractivity contribution in [2.45, 2.75) is 24.3 Å². The SMILES string of the molecule is CCOc1ccc(-n2c(C)nnc2S[C@@H](C[N+](=O)[O-])c2cc(OC)c(OC)cc2Br)cc1. The van der Waals surface area contributed by atoms with Gasteiger partial charge in [-0.3, -0.25) is 14.7 Å². The van der Waals surface area contributed by atoms with Gasteiger partial charge in [-0.05, 0) is 55.8 Å². The molecule has 1 atom stereocenters. The molecule has 0 bridgehead atoms. The van der Waals surface area contributed by atoms with Crippen LogP contribution in [0.15, 0.2) is 46.0 Å². The number of benzene rings is 2. The van der Waals surface area contributed by atoms with Crippen molar-refractivity contribution in [3.63, 3.8) is 0 Å². The molecule has 3 rings (SSSR count). The van der Waals surface area contributed by atoms with E-state index in [1.165, 1.54) is 26.0 Å². The minimum absolute atomic E-state index is 0.312. The van der Waals surface area contributed by atoms with Crippen LogP contribution >= 0.6 is 27.7 Å². The van der Waals surface area contributed by atoms with E-state index < -0.39 is 5.25 Å². The Morgan fingerprint density at radius 3 is 2.41 bits per heavy atom. The molecule has 0 unspecified atom stereocenters. The quantitative estimate of drug-likeness (QED) is 0.211. The second-order valence-corrected chi connectivity index (χ2v) is 8.67. The van der Waals surface area contributed by atoms with Crippen LogP contribution < -0.4 is 14.2 Å². The average molecular weight is 523 g/mol. The molecule has 0 fully saturated rings. The Balaban J connectivity index is 2.00. The largest absolute Gasteiger partial charge is 0.494 e. The van der Waals surface area contributed by atoms with E-state index in [1.54, 1.807) is 12.1 Å². The minimum Gasteiger partial charge on any atom is -0.494 e. The Labute approximate surface area is 198 Å². The summed E-state index contributed by atoms with van der Waals surface area (Å²) in [6.07, 6.45) is 0. The maximum atomic E-state index is 11.5. The van der Waals surface area contributed by atoms with Gasteiger partial charge in [0, 0.05) is 15.1 Å². The molecule has 11 heteroatoms. The number of aryl methyl sites for hydroxylation is 1.